The Morgan fingerprint density at radius 2 is 1.78 bits per heavy atom. The van der Waals surface area contributed by atoms with Gasteiger partial charge in [-0.3, -0.25) is 4.79 Å². The van der Waals surface area contributed by atoms with Crippen molar-refractivity contribution in [2.75, 3.05) is 11.9 Å². The van der Waals surface area contributed by atoms with Crippen LogP contribution in [0, 0.1) is 6.92 Å². The number of piperidine rings is 1. The highest BCUT2D eigenvalue weighted by atomic mass is 35.5. The molecule has 1 unspecified atom stereocenters. The third kappa shape index (κ3) is 4.89. The molecule has 1 fully saturated rings. The maximum atomic E-state index is 13.0. The molecule has 0 radical (unpaired) electrons. The van der Waals surface area contributed by atoms with Gasteiger partial charge in [0.2, 0.25) is 15.9 Å². The minimum absolute atomic E-state index is 0.140. The van der Waals surface area contributed by atoms with E-state index in [1.54, 1.807) is 12.1 Å². The summed E-state index contributed by atoms with van der Waals surface area (Å²) < 4.78 is 27.5. The lowest BCUT2D eigenvalue weighted by atomic mass is 10.0. The molecule has 0 aliphatic carbocycles. The molecule has 1 N–H and O–H groups in total. The van der Waals surface area contributed by atoms with Crippen LogP contribution < -0.4 is 5.32 Å². The van der Waals surface area contributed by atoms with Crippen molar-refractivity contribution < 1.29 is 13.2 Å². The van der Waals surface area contributed by atoms with Crippen LogP contribution in [0.5, 0.6) is 0 Å². The average molecular weight is 407 g/mol. The molecule has 3 rings (SSSR count). The number of halogens is 1. The van der Waals surface area contributed by atoms with Gasteiger partial charge in [0.1, 0.15) is 0 Å². The summed E-state index contributed by atoms with van der Waals surface area (Å²) in [5, 5.41) is 3.35. The summed E-state index contributed by atoms with van der Waals surface area (Å²) in [7, 11) is -3.66. The van der Waals surface area contributed by atoms with E-state index in [4.69, 9.17) is 11.6 Å². The highest BCUT2D eigenvalue weighted by molar-refractivity contribution is 7.89. The molecular formula is C20H23ClN2O3S. The van der Waals surface area contributed by atoms with Gasteiger partial charge in [0, 0.05) is 29.7 Å². The van der Waals surface area contributed by atoms with Gasteiger partial charge in [0.15, 0.2) is 0 Å². The third-order valence-corrected chi connectivity index (χ3v) is 6.97. The number of benzene rings is 2. The summed E-state index contributed by atoms with van der Waals surface area (Å²) in [6.45, 7) is 2.40. The lowest BCUT2D eigenvalue weighted by Crippen LogP contribution is -2.45. The van der Waals surface area contributed by atoms with Gasteiger partial charge in [-0.25, -0.2) is 8.42 Å². The fraction of sp³-hybridized carbons (Fsp3) is 0.350. The zero-order valence-corrected chi connectivity index (χ0v) is 16.8. The fourth-order valence-electron chi connectivity index (χ4n) is 3.30. The van der Waals surface area contributed by atoms with Crippen molar-refractivity contribution in [3.8, 4) is 0 Å². The van der Waals surface area contributed by atoms with E-state index in [1.165, 1.54) is 16.4 Å². The molecule has 2 aromatic carbocycles. The van der Waals surface area contributed by atoms with Gasteiger partial charge >= 0.3 is 0 Å². The van der Waals surface area contributed by atoms with Crippen LogP contribution in [-0.4, -0.2) is 31.2 Å². The van der Waals surface area contributed by atoms with Gasteiger partial charge in [0.05, 0.1) is 4.90 Å². The minimum Gasteiger partial charge on any atom is -0.326 e. The van der Waals surface area contributed by atoms with Crippen LogP contribution in [0.25, 0.3) is 0 Å². The quantitative estimate of drug-likeness (QED) is 0.808. The SMILES string of the molecule is Cc1ccc(NC(=O)CC2CCCCN2S(=O)(=O)c2ccc(Cl)cc2)cc1. The number of nitrogens with one attached hydrogen (secondary N) is 1. The maximum Gasteiger partial charge on any atom is 0.243 e. The topological polar surface area (TPSA) is 66.5 Å². The second kappa shape index (κ2) is 8.42. The van der Waals surface area contributed by atoms with E-state index in [0.29, 0.717) is 23.7 Å². The van der Waals surface area contributed by atoms with E-state index in [1.807, 2.05) is 31.2 Å². The van der Waals surface area contributed by atoms with E-state index in [2.05, 4.69) is 5.32 Å². The summed E-state index contributed by atoms with van der Waals surface area (Å²) in [4.78, 5) is 12.7. The molecule has 1 heterocycles. The number of sulfonamides is 1. The van der Waals surface area contributed by atoms with Crippen molar-refractivity contribution in [3.05, 3.63) is 59.1 Å². The van der Waals surface area contributed by atoms with Crippen molar-refractivity contribution in [3.63, 3.8) is 0 Å². The third-order valence-electron chi connectivity index (χ3n) is 4.75. The van der Waals surface area contributed by atoms with Crippen LogP contribution in [0.1, 0.15) is 31.2 Å². The molecule has 1 aliphatic rings. The fourth-order valence-corrected chi connectivity index (χ4v) is 5.12. The molecule has 0 bridgehead atoms. The predicted octanol–water partition coefficient (Wildman–Crippen LogP) is 4.22. The molecule has 0 spiro atoms. The second-order valence-electron chi connectivity index (χ2n) is 6.84. The van der Waals surface area contributed by atoms with E-state index in [0.717, 1.165) is 18.4 Å². The lowest BCUT2D eigenvalue weighted by molar-refractivity contribution is -0.117. The highest BCUT2D eigenvalue weighted by Crippen LogP contribution is 2.28. The zero-order valence-electron chi connectivity index (χ0n) is 15.2. The Morgan fingerprint density at radius 3 is 2.44 bits per heavy atom. The molecule has 144 valence electrons. The predicted molar refractivity (Wildman–Crippen MR) is 107 cm³/mol. The molecule has 0 saturated carbocycles. The molecule has 5 nitrogen and oxygen atoms in total. The molecule has 7 heteroatoms. The number of hydrogen-bond donors (Lipinski definition) is 1. The summed E-state index contributed by atoms with van der Waals surface area (Å²) in [5.41, 5.74) is 1.83. The Bertz CT molecular complexity index is 896. The highest BCUT2D eigenvalue weighted by Gasteiger charge is 2.34. The number of carbonyl (C=O) groups excluding carboxylic acids is 1. The Hall–Kier alpha value is -1.89. The second-order valence-corrected chi connectivity index (χ2v) is 9.16. The number of aryl methyl sites for hydroxylation is 1. The summed E-state index contributed by atoms with van der Waals surface area (Å²) in [5.74, 6) is -0.179. The van der Waals surface area contributed by atoms with Gasteiger partial charge in [-0.15, -0.1) is 0 Å². The standard InChI is InChI=1S/C20H23ClN2O3S/c1-15-5-9-17(10-6-15)22-20(24)14-18-4-2-3-13-23(18)27(25,26)19-11-7-16(21)8-12-19/h5-12,18H,2-4,13-14H2,1H3,(H,22,24). The minimum atomic E-state index is -3.66. The van der Waals surface area contributed by atoms with Crippen LogP contribution >= 0.6 is 11.6 Å². The Kier molecular flexibility index (Phi) is 6.19. The average Bonchev–Trinajstić information content (AvgIpc) is 2.64. The number of anilines is 1. The smallest absolute Gasteiger partial charge is 0.243 e. The van der Waals surface area contributed by atoms with Crippen molar-refractivity contribution in [2.45, 2.75) is 43.5 Å². The van der Waals surface area contributed by atoms with Gasteiger partial charge < -0.3 is 5.32 Å². The molecule has 2 aromatic rings. The molecular weight excluding hydrogens is 384 g/mol. The van der Waals surface area contributed by atoms with Crippen molar-refractivity contribution in [1.29, 1.82) is 0 Å². The number of hydrogen-bond acceptors (Lipinski definition) is 3. The zero-order chi connectivity index (χ0) is 19.4. The van der Waals surface area contributed by atoms with Crippen LogP contribution in [0.15, 0.2) is 53.4 Å². The monoisotopic (exact) mass is 406 g/mol. The molecule has 1 aliphatic heterocycles. The summed E-state index contributed by atoms with van der Waals surface area (Å²) >= 11 is 5.87. The number of amides is 1. The Labute approximate surface area is 165 Å². The number of nitrogens with zero attached hydrogens (tertiary/aromatic N) is 1. The first-order valence-corrected chi connectivity index (χ1v) is 10.8. The van der Waals surface area contributed by atoms with E-state index in [-0.39, 0.29) is 23.3 Å². The summed E-state index contributed by atoms with van der Waals surface area (Å²) in [6, 6.07) is 13.3. The van der Waals surface area contributed by atoms with Crippen molar-refractivity contribution in [1.82, 2.24) is 4.31 Å². The van der Waals surface area contributed by atoms with Gasteiger partial charge in [-0.05, 0) is 56.2 Å². The first-order chi connectivity index (χ1) is 12.9. The van der Waals surface area contributed by atoms with Crippen LogP contribution in [0.3, 0.4) is 0 Å². The molecule has 27 heavy (non-hydrogen) atoms. The Balaban J connectivity index is 1.73. The summed E-state index contributed by atoms with van der Waals surface area (Å²) in [6.07, 6.45) is 2.52. The number of rotatable bonds is 5. The molecule has 1 atom stereocenters. The molecule has 1 saturated heterocycles. The van der Waals surface area contributed by atoms with Crippen molar-refractivity contribution >= 4 is 33.2 Å². The number of carbonyl (C=O) groups is 1. The van der Waals surface area contributed by atoms with Crippen LogP contribution in [0.4, 0.5) is 5.69 Å². The first-order valence-electron chi connectivity index (χ1n) is 9.00. The van der Waals surface area contributed by atoms with Gasteiger partial charge in [-0.2, -0.15) is 4.31 Å². The van der Waals surface area contributed by atoms with Crippen LogP contribution in [-0.2, 0) is 14.8 Å². The van der Waals surface area contributed by atoms with Gasteiger partial charge in [-0.1, -0.05) is 35.7 Å². The normalized spacial score (nSPS) is 18.2. The van der Waals surface area contributed by atoms with E-state index < -0.39 is 10.0 Å². The van der Waals surface area contributed by atoms with Crippen LogP contribution in [0.2, 0.25) is 5.02 Å². The van der Waals surface area contributed by atoms with Crippen molar-refractivity contribution in [2.24, 2.45) is 0 Å². The Morgan fingerprint density at radius 1 is 1.11 bits per heavy atom. The lowest BCUT2D eigenvalue weighted by Gasteiger charge is -2.34. The largest absolute Gasteiger partial charge is 0.326 e. The maximum absolute atomic E-state index is 13.0. The first kappa shape index (κ1) is 19.9. The molecule has 1 amide bonds. The molecule has 0 aromatic heterocycles. The van der Waals surface area contributed by atoms with E-state index >= 15 is 0 Å². The van der Waals surface area contributed by atoms with E-state index in [9.17, 15) is 13.2 Å². The van der Waals surface area contributed by atoms with Gasteiger partial charge in [0.25, 0.3) is 0 Å².